The van der Waals surface area contributed by atoms with Crippen molar-refractivity contribution in [3.8, 4) is 11.6 Å². The summed E-state index contributed by atoms with van der Waals surface area (Å²) in [6, 6.07) is 0. The smallest absolute Gasteiger partial charge is 0.298 e. The van der Waals surface area contributed by atoms with Crippen molar-refractivity contribution in [1.82, 2.24) is 9.97 Å². The number of rotatable bonds is 3. The Kier molecular flexibility index (Phi) is 4.29. The molecule has 1 aliphatic heterocycles. The van der Waals surface area contributed by atoms with Gasteiger partial charge in [0, 0.05) is 0 Å². The van der Waals surface area contributed by atoms with Gasteiger partial charge in [0.15, 0.2) is 0 Å². The van der Waals surface area contributed by atoms with Gasteiger partial charge >= 0.3 is 0 Å². The molecule has 1 aromatic heterocycles. The molecular weight excluding hydrogens is 290 g/mol. The Hall–Kier alpha value is -1.92. The van der Waals surface area contributed by atoms with E-state index in [-0.39, 0.29) is 5.95 Å². The lowest BCUT2D eigenvalue weighted by atomic mass is 9.99. The molecular formula is C10H15N3O8. The van der Waals surface area contributed by atoms with Crippen molar-refractivity contribution in [1.29, 1.82) is 0 Å². The average molecular weight is 305 g/mol. The van der Waals surface area contributed by atoms with Gasteiger partial charge in [-0.1, -0.05) is 0 Å². The molecule has 2 heterocycles. The fourth-order valence-electron chi connectivity index (χ4n) is 1.85. The van der Waals surface area contributed by atoms with Crippen LogP contribution in [0.2, 0.25) is 0 Å². The highest BCUT2D eigenvalue weighted by Crippen LogP contribution is 2.26. The molecule has 1 fully saturated rings. The SMILES string of the molecule is Nc1nc(O)c(O[C@@H]2O[C@H](CO)[C@@H](O)[C@H](O)[C@H]2O)c(=O)[nH]1. The van der Waals surface area contributed by atoms with Gasteiger partial charge in [-0.25, -0.2) is 0 Å². The number of nitrogens with one attached hydrogen (secondary N) is 1. The maximum atomic E-state index is 11.6. The number of hydrogen-bond donors (Lipinski definition) is 7. The van der Waals surface area contributed by atoms with Crippen LogP contribution in [0.1, 0.15) is 0 Å². The number of anilines is 1. The summed E-state index contributed by atoms with van der Waals surface area (Å²) in [5.41, 5.74) is 4.27. The molecule has 1 aromatic rings. The highest BCUT2D eigenvalue weighted by Gasteiger charge is 2.45. The summed E-state index contributed by atoms with van der Waals surface area (Å²) in [5.74, 6) is -1.87. The van der Waals surface area contributed by atoms with Crippen molar-refractivity contribution in [2.45, 2.75) is 30.7 Å². The molecule has 0 aromatic carbocycles. The van der Waals surface area contributed by atoms with Crippen molar-refractivity contribution >= 4 is 5.95 Å². The number of ether oxygens (including phenoxy) is 2. The number of aromatic nitrogens is 2. The van der Waals surface area contributed by atoms with E-state index in [9.17, 15) is 25.2 Å². The second-order valence-corrected chi connectivity index (χ2v) is 4.42. The molecule has 21 heavy (non-hydrogen) atoms. The number of nitrogens with two attached hydrogens (primary N) is 1. The molecule has 0 aliphatic carbocycles. The van der Waals surface area contributed by atoms with Crippen molar-refractivity contribution in [2.24, 2.45) is 0 Å². The maximum Gasteiger partial charge on any atom is 0.298 e. The number of aliphatic hydroxyl groups is 4. The Morgan fingerprint density at radius 3 is 2.52 bits per heavy atom. The van der Waals surface area contributed by atoms with E-state index in [1.807, 2.05) is 0 Å². The van der Waals surface area contributed by atoms with Crippen LogP contribution in [0.4, 0.5) is 5.95 Å². The Balaban J connectivity index is 2.25. The summed E-state index contributed by atoms with van der Waals surface area (Å²) < 4.78 is 9.99. The first-order chi connectivity index (χ1) is 9.85. The van der Waals surface area contributed by atoms with E-state index in [1.165, 1.54) is 0 Å². The average Bonchev–Trinajstić information content (AvgIpc) is 2.42. The zero-order valence-electron chi connectivity index (χ0n) is 10.6. The molecule has 0 bridgehead atoms. The minimum atomic E-state index is -1.72. The summed E-state index contributed by atoms with van der Waals surface area (Å²) in [5, 5.41) is 47.4. The van der Waals surface area contributed by atoms with Gasteiger partial charge in [0.05, 0.1) is 6.61 Å². The molecule has 0 saturated carbocycles. The fourth-order valence-corrected chi connectivity index (χ4v) is 1.85. The van der Waals surface area contributed by atoms with Gasteiger partial charge in [-0.05, 0) is 0 Å². The van der Waals surface area contributed by atoms with Crippen molar-refractivity contribution in [3.05, 3.63) is 10.4 Å². The number of aromatic hydroxyl groups is 1. The molecule has 1 aliphatic rings. The van der Waals surface area contributed by atoms with E-state index in [4.69, 9.17) is 20.3 Å². The lowest BCUT2D eigenvalue weighted by Gasteiger charge is -2.39. The van der Waals surface area contributed by atoms with Gasteiger partial charge < -0.3 is 40.7 Å². The van der Waals surface area contributed by atoms with E-state index in [2.05, 4.69) is 9.97 Å². The van der Waals surface area contributed by atoms with Crippen LogP contribution in [0, 0.1) is 0 Å². The summed E-state index contributed by atoms with van der Waals surface area (Å²) >= 11 is 0. The quantitative estimate of drug-likeness (QED) is 0.291. The molecule has 5 atom stereocenters. The second kappa shape index (κ2) is 5.83. The van der Waals surface area contributed by atoms with Gasteiger partial charge in [-0.2, -0.15) is 4.98 Å². The van der Waals surface area contributed by atoms with Crippen LogP contribution < -0.4 is 16.0 Å². The van der Waals surface area contributed by atoms with E-state index in [0.29, 0.717) is 0 Å². The second-order valence-electron chi connectivity index (χ2n) is 4.42. The number of H-pyrrole nitrogens is 1. The summed E-state index contributed by atoms with van der Waals surface area (Å²) in [7, 11) is 0. The Morgan fingerprint density at radius 1 is 1.29 bits per heavy atom. The lowest BCUT2D eigenvalue weighted by molar-refractivity contribution is -0.277. The van der Waals surface area contributed by atoms with Gasteiger partial charge in [0.2, 0.25) is 18.0 Å². The van der Waals surface area contributed by atoms with Crippen molar-refractivity contribution < 1.29 is 35.0 Å². The van der Waals surface area contributed by atoms with E-state index in [0.717, 1.165) is 0 Å². The van der Waals surface area contributed by atoms with E-state index >= 15 is 0 Å². The number of aliphatic hydroxyl groups excluding tert-OH is 4. The Morgan fingerprint density at radius 2 is 1.95 bits per heavy atom. The molecule has 1 saturated heterocycles. The first-order valence-electron chi connectivity index (χ1n) is 5.91. The first kappa shape index (κ1) is 15.5. The van der Waals surface area contributed by atoms with Crippen LogP contribution in [-0.2, 0) is 4.74 Å². The van der Waals surface area contributed by atoms with Crippen LogP contribution in [-0.4, -0.2) is 72.8 Å². The predicted octanol–water partition coefficient (Wildman–Crippen LogP) is -3.76. The van der Waals surface area contributed by atoms with Crippen LogP contribution >= 0.6 is 0 Å². The molecule has 11 heteroatoms. The van der Waals surface area contributed by atoms with Crippen LogP contribution in [0.15, 0.2) is 4.79 Å². The molecule has 11 nitrogen and oxygen atoms in total. The first-order valence-corrected chi connectivity index (χ1v) is 5.91. The maximum absolute atomic E-state index is 11.6. The summed E-state index contributed by atoms with van der Waals surface area (Å²) in [4.78, 5) is 17.0. The summed E-state index contributed by atoms with van der Waals surface area (Å²) in [6.07, 6.45) is -7.79. The molecule has 2 rings (SSSR count). The lowest BCUT2D eigenvalue weighted by Crippen LogP contribution is -2.60. The van der Waals surface area contributed by atoms with Crippen molar-refractivity contribution in [2.75, 3.05) is 12.3 Å². The molecule has 0 unspecified atom stereocenters. The predicted molar refractivity (Wildman–Crippen MR) is 65.3 cm³/mol. The monoisotopic (exact) mass is 305 g/mol. The Labute approximate surface area is 117 Å². The van der Waals surface area contributed by atoms with Gasteiger partial charge in [-0.15, -0.1) is 0 Å². The zero-order valence-corrected chi connectivity index (χ0v) is 10.6. The van der Waals surface area contributed by atoms with Gasteiger partial charge in [0.25, 0.3) is 11.4 Å². The van der Waals surface area contributed by atoms with Crippen LogP contribution in [0.3, 0.4) is 0 Å². The number of hydrogen-bond acceptors (Lipinski definition) is 10. The molecule has 0 amide bonds. The zero-order chi connectivity index (χ0) is 15.7. The van der Waals surface area contributed by atoms with E-state index in [1.54, 1.807) is 0 Å². The van der Waals surface area contributed by atoms with Gasteiger partial charge in [-0.3, -0.25) is 9.78 Å². The fraction of sp³-hybridized carbons (Fsp3) is 0.600. The molecule has 0 spiro atoms. The Bertz CT molecular complexity index is 562. The normalized spacial score (nSPS) is 32.9. The third-order valence-corrected chi connectivity index (χ3v) is 2.96. The van der Waals surface area contributed by atoms with Crippen LogP contribution in [0.5, 0.6) is 11.6 Å². The topological polar surface area (TPSA) is 191 Å². The minimum Gasteiger partial charge on any atom is -0.490 e. The minimum absolute atomic E-state index is 0.348. The highest BCUT2D eigenvalue weighted by atomic mass is 16.7. The third-order valence-electron chi connectivity index (χ3n) is 2.96. The highest BCUT2D eigenvalue weighted by molar-refractivity contribution is 5.34. The largest absolute Gasteiger partial charge is 0.490 e. The van der Waals surface area contributed by atoms with Crippen molar-refractivity contribution in [3.63, 3.8) is 0 Å². The third kappa shape index (κ3) is 2.91. The van der Waals surface area contributed by atoms with E-state index < -0.39 is 54.5 Å². The number of nitrogens with zero attached hydrogens (tertiary/aromatic N) is 1. The summed E-state index contributed by atoms with van der Waals surface area (Å²) in [6.45, 7) is -0.660. The number of nitrogen functional groups attached to an aromatic ring is 1. The van der Waals surface area contributed by atoms with Gasteiger partial charge in [0.1, 0.15) is 24.4 Å². The molecule has 0 radical (unpaired) electrons. The standard InChI is InChI=1S/C10H15N3O8/c11-10-12-7(18)6(8(19)13-10)21-9-5(17)4(16)3(15)2(1-14)20-9/h2-5,9,14-17H,1H2,(H4,11,12,13,18,19)/t2-,3-,4+,5-,9+/m1/s1. The molecule has 118 valence electrons. The van der Waals surface area contributed by atoms with Crippen LogP contribution in [0.25, 0.3) is 0 Å². The molecule has 8 N–H and O–H groups in total. The number of aromatic amines is 1.